The number of rotatable bonds is 8. The van der Waals surface area contributed by atoms with Crippen LogP contribution in [0.4, 0.5) is 0 Å². The number of nitrogens with zero attached hydrogens (tertiary/aromatic N) is 1. The molecule has 0 radical (unpaired) electrons. The predicted octanol–water partition coefficient (Wildman–Crippen LogP) is 1.85. The number of hydrogen-bond acceptors (Lipinski definition) is 4. The Kier molecular flexibility index (Phi) is 6.22. The molecule has 114 valence electrons. The van der Waals surface area contributed by atoms with E-state index in [2.05, 4.69) is 10.5 Å². The summed E-state index contributed by atoms with van der Waals surface area (Å²) in [4.78, 5) is 17.2. The van der Waals surface area contributed by atoms with Crippen LogP contribution in [0.1, 0.15) is 37.7 Å². The highest BCUT2D eigenvalue weighted by molar-refractivity contribution is 6.04. The lowest BCUT2D eigenvalue weighted by Crippen LogP contribution is -2.35. The summed E-state index contributed by atoms with van der Waals surface area (Å²) in [6.45, 7) is 0.882. The molecule has 1 unspecified atom stereocenters. The van der Waals surface area contributed by atoms with Crippen LogP contribution in [0.5, 0.6) is 0 Å². The molecule has 0 saturated heterocycles. The van der Waals surface area contributed by atoms with Gasteiger partial charge in [0.2, 0.25) is 6.10 Å². The molecule has 1 aromatic carbocycles. The molecule has 1 aliphatic rings. The number of nitrogens with one attached hydrogen (secondary N) is 1. The Bertz CT molecular complexity index is 474. The monoisotopic (exact) mass is 290 g/mol. The molecule has 5 nitrogen and oxygen atoms in total. The van der Waals surface area contributed by atoms with Crippen molar-refractivity contribution in [3.05, 3.63) is 35.9 Å². The van der Waals surface area contributed by atoms with Gasteiger partial charge in [0, 0.05) is 19.6 Å². The predicted molar refractivity (Wildman–Crippen MR) is 81.0 cm³/mol. The molecule has 0 saturated carbocycles. The summed E-state index contributed by atoms with van der Waals surface area (Å²) < 4.78 is 0. The molecule has 1 heterocycles. The fourth-order valence-electron chi connectivity index (χ4n) is 2.23. The van der Waals surface area contributed by atoms with Crippen molar-refractivity contribution in [3.63, 3.8) is 0 Å². The topological polar surface area (TPSA) is 70.9 Å². The van der Waals surface area contributed by atoms with Crippen LogP contribution in [-0.4, -0.2) is 36.0 Å². The Hall–Kier alpha value is -1.88. The Morgan fingerprint density at radius 1 is 1.24 bits per heavy atom. The highest BCUT2D eigenvalue weighted by Gasteiger charge is 2.28. The summed E-state index contributed by atoms with van der Waals surface area (Å²) in [6.07, 6.45) is 3.75. The van der Waals surface area contributed by atoms with Crippen molar-refractivity contribution in [3.8, 4) is 0 Å². The zero-order valence-electron chi connectivity index (χ0n) is 12.1. The van der Waals surface area contributed by atoms with Crippen LogP contribution in [-0.2, 0) is 9.63 Å². The second-order valence-corrected chi connectivity index (χ2v) is 5.13. The smallest absolute Gasteiger partial charge is 0.264 e. The zero-order chi connectivity index (χ0) is 14.9. The molecule has 2 rings (SSSR count). The van der Waals surface area contributed by atoms with Gasteiger partial charge in [-0.05, 0) is 18.4 Å². The number of benzene rings is 1. The Morgan fingerprint density at radius 3 is 2.76 bits per heavy atom. The molecule has 1 atom stereocenters. The third-order valence-electron chi connectivity index (χ3n) is 3.45. The van der Waals surface area contributed by atoms with Crippen molar-refractivity contribution in [2.24, 2.45) is 5.16 Å². The van der Waals surface area contributed by atoms with Gasteiger partial charge in [-0.3, -0.25) is 4.79 Å². The molecule has 0 aromatic heterocycles. The van der Waals surface area contributed by atoms with Crippen molar-refractivity contribution in [2.75, 3.05) is 13.2 Å². The fraction of sp³-hybridized carbons (Fsp3) is 0.500. The van der Waals surface area contributed by atoms with Crippen molar-refractivity contribution in [2.45, 2.75) is 38.2 Å². The number of oxime groups is 1. The zero-order valence-corrected chi connectivity index (χ0v) is 12.1. The van der Waals surface area contributed by atoms with Crippen LogP contribution in [0, 0.1) is 0 Å². The average molecular weight is 290 g/mol. The maximum Gasteiger partial charge on any atom is 0.264 e. The Labute approximate surface area is 125 Å². The molecule has 0 fully saturated rings. The largest absolute Gasteiger partial charge is 0.396 e. The first-order chi connectivity index (χ1) is 10.3. The van der Waals surface area contributed by atoms with E-state index in [-0.39, 0.29) is 12.5 Å². The van der Waals surface area contributed by atoms with E-state index in [1.165, 1.54) is 0 Å². The van der Waals surface area contributed by atoms with Gasteiger partial charge in [0.05, 0.1) is 5.71 Å². The summed E-state index contributed by atoms with van der Waals surface area (Å²) in [5.41, 5.74) is 1.82. The molecule has 1 amide bonds. The first-order valence-electron chi connectivity index (χ1n) is 7.48. The third-order valence-corrected chi connectivity index (χ3v) is 3.45. The van der Waals surface area contributed by atoms with E-state index >= 15 is 0 Å². The fourth-order valence-corrected chi connectivity index (χ4v) is 2.23. The summed E-state index contributed by atoms with van der Waals surface area (Å²) >= 11 is 0. The van der Waals surface area contributed by atoms with Crippen molar-refractivity contribution >= 4 is 11.6 Å². The second-order valence-electron chi connectivity index (χ2n) is 5.13. The summed E-state index contributed by atoms with van der Waals surface area (Å²) in [5.74, 6) is -0.105. The van der Waals surface area contributed by atoms with Crippen LogP contribution in [0.25, 0.3) is 0 Å². The van der Waals surface area contributed by atoms with Crippen molar-refractivity contribution < 1.29 is 14.7 Å². The lowest BCUT2D eigenvalue weighted by Gasteiger charge is -2.09. The first-order valence-corrected chi connectivity index (χ1v) is 7.48. The summed E-state index contributed by atoms with van der Waals surface area (Å²) in [5, 5.41) is 15.6. The highest BCUT2D eigenvalue weighted by atomic mass is 16.6. The van der Waals surface area contributed by atoms with E-state index in [0.29, 0.717) is 13.0 Å². The van der Waals surface area contributed by atoms with Gasteiger partial charge in [-0.25, -0.2) is 0 Å². The minimum Gasteiger partial charge on any atom is -0.396 e. The van der Waals surface area contributed by atoms with Gasteiger partial charge in [0.1, 0.15) is 0 Å². The number of aliphatic hydroxyl groups excluding tert-OH is 1. The number of unbranched alkanes of at least 4 members (excludes halogenated alkanes) is 3. The maximum absolute atomic E-state index is 12.0. The van der Waals surface area contributed by atoms with Gasteiger partial charge in [-0.15, -0.1) is 0 Å². The standard InChI is InChI=1S/C16H22N2O3/c19-11-7-2-1-6-10-17-16(20)15-12-14(18-21-15)13-8-4-3-5-9-13/h3-5,8-9,15,19H,1-2,6-7,10-12H2,(H,17,20). The second kappa shape index (κ2) is 8.42. The van der Waals surface area contributed by atoms with E-state index in [4.69, 9.17) is 9.94 Å². The third kappa shape index (κ3) is 4.86. The van der Waals surface area contributed by atoms with Gasteiger partial charge in [-0.2, -0.15) is 0 Å². The number of carbonyl (C=O) groups is 1. The van der Waals surface area contributed by atoms with E-state index < -0.39 is 6.10 Å². The lowest BCUT2D eigenvalue weighted by molar-refractivity contribution is -0.131. The van der Waals surface area contributed by atoms with Crippen molar-refractivity contribution in [1.82, 2.24) is 5.32 Å². The van der Waals surface area contributed by atoms with Gasteiger partial charge in [0.25, 0.3) is 5.91 Å². The minimum atomic E-state index is -0.516. The van der Waals surface area contributed by atoms with Crippen molar-refractivity contribution in [1.29, 1.82) is 0 Å². The molecule has 0 aliphatic carbocycles. The van der Waals surface area contributed by atoms with E-state index in [9.17, 15) is 4.79 Å². The highest BCUT2D eigenvalue weighted by Crippen LogP contribution is 2.16. The quantitative estimate of drug-likeness (QED) is 0.718. The molecule has 1 aliphatic heterocycles. The SMILES string of the molecule is O=C(NCCCCCCO)C1CC(c2ccccc2)=NO1. The summed E-state index contributed by atoms with van der Waals surface area (Å²) in [6, 6.07) is 9.75. The molecule has 5 heteroatoms. The van der Waals surface area contributed by atoms with Crippen LogP contribution < -0.4 is 5.32 Å². The van der Waals surface area contributed by atoms with Gasteiger partial charge in [0.15, 0.2) is 0 Å². The molecular weight excluding hydrogens is 268 g/mol. The average Bonchev–Trinajstić information content (AvgIpc) is 3.01. The van der Waals surface area contributed by atoms with E-state index in [1.54, 1.807) is 0 Å². The van der Waals surface area contributed by atoms with Crippen LogP contribution in [0.15, 0.2) is 35.5 Å². The van der Waals surface area contributed by atoms with Crippen LogP contribution >= 0.6 is 0 Å². The van der Waals surface area contributed by atoms with Crippen LogP contribution in [0.2, 0.25) is 0 Å². The molecule has 2 N–H and O–H groups in total. The first kappa shape index (κ1) is 15.5. The molecule has 0 spiro atoms. The Morgan fingerprint density at radius 2 is 2.00 bits per heavy atom. The summed E-state index contributed by atoms with van der Waals surface area (Å²) in [7, 11) is 0. The normalized spacial score (nSPS) is 17.2. The number of amides is 1. The molecule has 0 bridgehead atoms. The maximum atomic E-state index is 12.0. The lowest BCUT2D eigenvalue weighted by atomic mass is 10.0. The van der Waals surface area contributed by atoms with Gasteiger partial charge >= 0.3 is 0 Å². The van der Waals surface area contributed by atoms with E-state index in [1.807, 2.05) is 30.3 Å². The number of hydrogen-bond donors (Lipinski definition) is 2. The molecule has 21 heavy (non-hydrogen) atoms. The number of aliphatic hydroxyl groups is 1. The minimum absolute atomic E-state index is 0.105. The molecule has 1 aromatic rings. The van der Waals surface area contributed by atoms with Gasteiger partial charge in [-0.1, -0.05) is 48.3 Å². The van der Waals surface area contributed by atoms with Gasteiger partial charge < -0.3 is 15.3 Å². The molecular formula is C16H22N2O3. The number of carbonyl (C=O) groups excluding carboxylic acids is 1. The Balaban J connectivity index is 1.67. The van der Waals surface area contributed by atoms with E-state index in [0.717, 1.165) is 37.0 Å². The van der Waals surface area contributed by atoms with Crippen LogP contribution in [0.3, 0.4) is 0 Å².